The van der Waals surface area contributed by atoms with Crippen LogP contribution in [-0.4, -0.2) is 11.0 Å². The van der Waals surface area contributed by atoms with Gasteiger partial charge in [-0.3, -0.25) is 4.79 Å². The van der Waals surface area contributed by atoms with Crippen molar-refractivity contribution in [2.24, 2.45) is 0 Å². The molecule has 0 bridgehead atoms. The maximum atomic E-state index is 11.1. The van der Waals surface area contributed by atoms with E-state index in [1.165, 1.54) is 0 Å². The number of rotatable bonds is 2. The Labute approximate surface area is 86.5 Å². The molecule has 1 aliphatic carbocycles. The van der Waals surface area contributed by atoms with Gasteiger partial charge >= 0.3 is 0 Å². The fourth-order valence-corrected chi connectivity index (χ4v) is 2.41. The van der Waals surface area contributed by atoms with Crippen LogP contribution in [0.4, 0.5) is 0 Å². The molecular formula is C10H9ClOS. The van der Waals surface area contributed by atoms with Crippen molar-refractivity contribution >= 4 is 29.1 Å². The summed E-state index contributed by atoms with van der Waals surface area (Å²) in [4.78, 5) is 12.2. The maximum Gasteiger partial charge on any atom is 0.146 e. The highest BCUT2D eigenvalue weighted by atomic mass is 35.5. The van der Waals surface area contributed by atoms with Gasteiger partial charge in [0.05, 0.1) is 5.25 Å². The molecule has 0 saturated heterocycles. The van der Waals surface area contributed by atoms with Crippen molar-refractivity contribution in [1.82, 2.24) is 0 Å². The SMILES string of the molecule is O=C1CC[C@H]1Sc1ccc(Cl)cc1. The van der Waals surface area contributed by atoms with E-state index in [1.807, 2.05) is 24.3 Å². The van der Waals surface area contributed by atoms with Crippen LogP contribution in [0.1, 0.15) is 12.8 Å². The second-order valence-electron chi connectivity index (χ2n) is 3.07. The Morgan fingerprint density at radius 2 is 2.00 bits per heavy atom. The summed E-state index contributed by atoms with van der Waals surface area (Å²) in [6, 6.07) is 7.62. The third-order valence-corrected chi connectivity index (χ3v) is 3.68. The smallest absolute Gasteiger partial charge is 0.146 e. The maximum absolute atomic E-state index is 11.1. The molecule has 0 heterocycles. The Balaban J connectivity index is 2.01. The van der Waals surface area contributed by atoms with E-state index in [0.29, 0.717) is 5.78 Å². The Kier molecular flexibility index (Phi) is 2.61. The Morgan fingerprint density at radius 3 is 2.46 bits per heavy atom. The van der Waals surface area contributed by atoms with Gasteiger partial charge in [0.25, 0.3) is 0 Å². The minimum atomic E-state index is 0.196. The van der Waals surface area contributed by atoms with Crippen molar-refractivity contribution in [2.45, 2.75) is 23.0 Å². The number of carbonyl (C=O) groups is 1. The van der Waals surface area contributed by atoms with E-state index in [-0.39, 0.29) is 5.25 Å². The Morgan fingerprint density at radius 1 is 1.31 bits per heavy atom. The van der Waals surface area contributed by atoms with Crippen LogP contribution in [0.3, 0.4) is 0 Å². The zero-order valence-electron chi connectivity index (χ0n) is 7.00. The molecule has 1 saturated carbocycles. The first kappa shape index (κ1) is 9.10. The molecule has 0 aromatic heterocycles. The molecule has 1 nitrogen and oxygen atoms in total. The minimum Gasteiger partial charge on any atom is -0.298 e. The molecule has 2 rings (SSSR count). The van der Waals surface area contributed by atoms with Gasteiger partial charge in [0, 0.05) is 16.3 Å². The van der Waals surface area contributed by atoms with Crippen LogP contribution in [0.25, 0.3) is 0 Å². The van der Waals surface area contributed by atoms with Gasteiger partial charge in [-0.2, -0.15) is 0 Å². The molecule has 3 heteroatoms. The molecule has 1 aromatic rings. The average Bonchev–Trinajstić information content (AvgIpc) is 2.15. The van der Waals surface area contributed by atoms with Gasteiger partial charge in [-0.1, -0.05) is 11.6 Å². The fraction of sp³-hybridized carbons (Fsp3) is 0.300. The van der Waals surface area contributed by atoms with Crippen molar-refractivity contribution < 1.29 is 4.79 Å². The minimum absolute atomic E-state index is 0.196. The second kappa shape index (κ2) is 3.72. The molecule has 0 amide bonds. The van der Waals surface area contributed by atoms with Crippen LogP contribution in [0.2, 0.25) is 5.02 Å². The van der Waals surface area contributed by atoms with E-state index in [2.05, 4.69) is 0 Å². The van der Waals surface area contributed by atoms with Crippen molar-refractivity contribution in [3.63, 3.8) is 0 Å². The van der Waals surface area contributed by atoms with E-state index >= 15 is 0 Å². The number of halogens is 1. The molecule has 1 aromatic carbocycles. The Hall–Kier alpha value is -0.470. The molecule has 0 spiro atoms. The standard InChI is InChI=1S/C10H9ClOS/c11-7-1-3-8(4-2-7)13-10-6-5-9(10)12/h1-4,10H,5-6H2/t10-/m1/s1. The summed E-state index contributed by atoms with van der Waals surface area (Å²) in [5.74, 6) is 0.375. The van der Waals surface area contributed by atoms with Crippen LogP contribution in [0.15, 0.2) is 29.2 Å². The van der Waals surface area contributed by atoms with E-state index < -0.39 is 0 Å². The van der Waals surface area contributed by atoms with Crippen molar-refractivity contribution in [2.75, 3.05) is 0 Å². The average molecular weight is 213 g/mol. The number of hydrogen-bond donors (Lipinski definition) is 0. The lowest BCUT2D eigenvalue weighted by molar-refractivity contribution is -0.122. The monoisotopic (exact) mass is 212 g/mol. The van der Waals surface area contributed by atoms with Crippen LogP contribution in [0.5, 0.6) is 0 Å². The summed E-state index contributed by atoms with van der Waals surface area (Å²) in [5.41, 5.74) is 0. The first-order valence-corrected chi connectivity index (χ1v) is 5.46. The molecule has 1 aliphatic rings. The third kappa shape index (κ3) is 2.06. The highest BCUT2D eigenvalue weighted by Crippen LogP contribution is 2.34. The number of carbonyl (C=O) groups excluding carboxylic acids is 1. The zero-order chi connectivity index (χ0) is 9.26. The highest BCUT2D eigenvalue weighted by molar-refractivity contribution is 8.00. The molecule has 0 unspecified atom stereocenters. The second-order valence-corrected chi connectivity index (χ2v) is 4.78. The van der Waals surface area contributed by atoms with Crippen LogP contribution >= 0.6 is 23.4 Å². The predicted molar refractivity (Wildman–Crippen MR) is 55.3 cm³/mol. The van der Waals surface area contributed by atoms with E-state index in [4.69, 9.17) is 11.6 Å². The van der Waals surface area contributed by atoms with Gasteiger partial charge in [-0.25, -0.2) is 0 Å². The van der Waals surface area contributed by atoms with Gasteiger partial charge < -0.3 is 0 Å². The zero-order valence-corrected chi connectivity index (χ0v) is 8.57. The molecule has 68 valence electrons. The molecule has 1 fully saturated rings. The van der Waals surface area contributed by atoms with Crippen LogP contribution < -0.4 is 0 Å². The quantitative estimate of drug-likeness (QED) is 0.749. The number of hydrogen-bond acceptors (Lipinski definition) is 2. The lowest BCUT2D eigenvalue weighted by Crippen LogP contribution is -2.27. The van der Waals surface area contributed by atoms with E-state index in [0.717, 1.165) is 22.8 Å². The first-order valence-electron chi connectivity index (χ1n) is 4.20. The van der Waals surface area contributed by atoms with Crippen molar-refractivity contribution in [3.05, 3.63) is 29.3 Å². The van der Waals surface area contributed by atoms with Gasteiger partial charge in [-0.05, 0) is 30.7 Å². The highest BCUT2D eigenvalue weighted by Gasteiger charge is 2.28. The molecule has 13 heavy (non-hydrogen) atoms. The lowest BCUT2D eigenvalue weighted by Gasteiger charge is -2.22. The molecule has 0 radical (unpaired) electrons. The summed E-state index contributed by atoms with van der Waals surface area (Å²) < 4.78 is 0. The van der Waals surface area contributed by atoms with Crippen molar-refractivity contribution in [1.29, 1.82) is 0 Å². The Bertz CT molecular complexity index is 320. The van der Waals surface area contributed by atoms with Gasteiger partial charge in [-0.15, -0.1) is 11.8 Å². The van der Waals surface area contributed by atoms with Crippen molar-refractivity contribution in [3.8, 4) is 0 Å². The molecule has 1 atom stereocenters. The largest absolute Gasteiger partial charge is 0.298 e. The summed E-state index contributed by atoms with van der Waals surface area (Å²) in [6.45, 7) is 0. The van der Waals surface area contributed by atoms with Gasteiger partial charge in [0.1, 0.15) is 5.78 Å². The number of thioether (sulfide) groups is 1. The third-order valence-electron chi connectivity index (χ3n) is 2.10. The van der Waals surface area contributed by atoms with Crippen LogP contribution in [0, 0.1) is 0 Å². The molecular weight excluding hydrogens is 204 g/mol. The lowest BCUT2D eigenvalue weighted by atomic mass is 9.98. The number of benzene rings is 1. The van der Waals surface area contributed by atoms with E-state index in [1.54, 1.807) is 11.8 Å². The van der Waals surface area contributed by atoms with Gasteiger partial charge in [0.2, 0.25) is 0 Å². The summed E-state index contributed by atoms with van der Waals surface area (Å²) in [7, 11) is 0. The molecule has 0 aliphatic heterocycles. The normalized spacial score (nSPS) is 21.3. The number of ketones is 1. The summed E-state index contributed by atoms with van der Waals surface area (Å²) in [5, 5.41) is 0.936. The predicted octanol–water partition coefficient (Wildman–Crippen LogP) is 3.16. The van der Waals surface area contributed by atoms with Crippen LogP contribution in [-0.2, 0) is 4.79 Å². The summed E-state index contributed by atoms with van der Waals surface area (Å²) >= 11 is 7.39. The topological polar surface area (TPSA) is 17.1 Å². The van der Waals surface area contributed by atoms with Gasteiger partial charge in [0.15, 0.2) is 0 Å². The first-order chi connectivity index (χ1) is 6.25. The summed E-state index contributed by atoms with van der Waals surface area (Å²) in [6.07, 6.45) is 1.78. The van der Waals surface area contributed by atoms with E-state index in [9.17, 15) is 4.79 Å². The molecule has 0 N–H and O–H groups in total. The fourth-order valence-electron chi connectivity index (χ4n) is 1.18. The number of Topliss-reactive ketones (excluding diaryl/α,β-unsaturated/α-hetero) is 1.